The van der Waals surface area contributed by atoms with Gasteiger partial charge < -0.3 is 20.6 Å². The Morgan fingerprint density at radius 3 is 2.77 bits per heavy atom. The molecule has 0 amide bonds. The molecule has 1 saturated heterocycles. The normalized spacial score (nSPS) is 16.1. The van der Waals surface area contributed by atoms with E-state index in [9.17, 15) is 13.5 Å². The molecule has 4 N–H and O–H groups in total. The largest absolute Gasteiger partial charge is 0.394 e. The number of likely N-dealkylation sites (tertiary alicyclic amines) is 1. The standard InChI is InChI=1S/C20H29BrN6O3S/c1-15(14-28)24-19-18(21)13-22-20(26-19)25-16-6-5-7-17(12-16)31(29,30)23-8-11-27-9-3-2-4-10-27/h5-7,12-13,15,23,28H,2-4,8-11,14H2,1H3,(H2,22,24,25,26)/t15-/m1/s1. The Morgan fingerprint density at radius 1 is 1.26 bits per heavy atom. The summed E-state index contributed by atoms with van der Waals surface area (Å²) in [5.41, 5.74) is 0.558. The number of piperidine rings is 1. The smallest absolute Gasteiger partial charge is 0.240 e. The molecule has 2 aromatic rings. The lowest BCUT2D eigenvalue weighted by atomic mass is 10.1. The predicted molar refractivity (Wildman–Crippen MR) is 125 cm³/mol. The van der Waals surface area contributed by atoms with Gasteiger partial charge in [-0.25, -0.2) is 18.1 Å². The van der Waals surface area contributed by atoms with Gasteiger partial charge in [0.25, 0.3) is 0 Å². The maximum absolute atomic E-state index is 12.7. The highest BCUT2D eigenvalue weighted by Gasteiger charge is 2.16. The van der Waals surface area contributed by atoms with E-state index in [-0.39, 0.29) is 17.5 Å². The fourth-order valence-electron chi connectivity index (χ4n) is 3.28. The van der Waals surface area contributed by atoms with Gasteiger partial charge in [0.2, 0.25) is 16.0 Å². The number of hydrogen-bond acceptors (Lipinski definition) is 8. The second-order valence-corrected chi connectivity index (χ2v) is 10.2. The molecule has 0 saturated carbocycles. The lowest BCUT2D eigenvalue weighted by Gasteiger charge is -2.26. The molecule has 11 heteroatoms. The fraction of sp³-hybridized carbons (Fsp3) is 0.500. The van der Waals surface area contributed by atoms with E-state index in [2.05, 4.69) is 46.2 Å². The minimum Gasteiger partial charge on any atom is -0.394 e. The second kappa shape index (κ2) is 11.2. The van der Waals surface area contributed by atoms with Crippen molar-refractivity contribution < 1.29 is 13.5 Å². The van der Waals surface area contributed by atoms with Gasteiger partial charge in [-0.05, 0) is 67.0 Å². The van der Waals surface area contributed by atoms with Gasteiger partial charge in [-0.1, -0.05) is 12.5 Å². The molecule has 1 atom stereocenters. The van der Waals surface area contributed by atoms with Gasteiger partial charge in [-0.3, -0.25) is 0 Å². The topological polar surface area (TPSA) is 119 Å². The molecule has 170 valence electrons. The fourth-order valence-corrected chi connectivity index (χ4v) is 4.65. The SMILES string of the molecule is C[C@H](CO)Nc1nc(Nc2cccc(S(=O)(=O)NCCN3CCCCC3)c2)ncc1Br. The third kappa shape index (κ3) is 7.11. The Labute approximate surface area is 191 Å². The highest BCUT2D eigenvalue weighted by molar-refractivity contribution is 9.10. The van der Waals surface area contributed by atoms with Crippen LogP contribution in [0, 0.1) is 0 Å². The highest BCUT2D eigenvalue weighted by atomic mass is 79.9. The number of hydrogen-bond donors (Lipinski definition) is 4. The van der Waals surface area contributed by atoms with Crippen molar-refractivity contribution in [3.63, 3.8) is 0 Å². The van der Waals surface area contributed by atoms with Gasteiger partial charge in [-0.15, -0.1) is 0 Å². The molecule has 31 heavy (non-hydrogen) atoms. The molecule has 1 aliphatic heterocycles. The molecule has 1 aromatic carbocycles. The lowest BCUT2D eigenvalue weighted by Crippen LogP contribution is -2.37. The Morgan fingerprint density at radius 2 is 2.03 bits per heavy atom. The molecule has 3 rings (SSSR count). The quantitative estimate of drug-likeness (QED) is 0.383. The van der Waals surface area contributed by atoms with Crippen LogP contribution in [0.4, 0.5) is 17.5 Å². The van der Waals surface area contributed by atoms with Gasteiger partial charge in [-0.2, -0.15) is 4.98 Å². The zero-order valence-corrected chi connectivity index (χ0v) is 19.9. The summed E-state index contributed by atoms with van der Waals surface area (Å²) in [7, 11) is -3.62. The van der Waals surface area contributed by atoms with Crippen molar-refractivity contribution in [2.75, 3.05) is 43.4 Å². The first-order valence-electron chi connectivity index (χ1n) is 10.4. The van der Waals surface area contributed by atoms with E-state index in [1.54, 1.807) is 30.5 Å². The first kappa shape index (κ1) is 23.9. The van der Waals surface area contributed by atoms with Crippen LogP contribution in [0.15, 0.2) is 39.8 Å². The zero-order chi connectivity index (χ0) is 22.3. The monoisotopic (exact) mass is 512 g/mol. The van der Waals surface area contributed by atoms with Crippen LogP contribution in [0.25, 0.3) is 0 Å². The number of anilines is 3. The van der Waals surface area contributed by atoms with Crippen molar-refractivity contribution in [3.05, 3.63) is 34.9 Å². The van der Waals surface area contributed by atoms with Crippen LogP contribution in [0.2, 0.25) is 0 Å². The van der Waals surface area contributed by atoms with Gasteiger partial charge >= 0.3 is 0 Å². The Balaban J connectivity index is 1.64. The summed E-state index contributed by atoms with van der Waals surface area (Å²) >= 11 is 3.38. The summed E-state index contributed by atoms with van der Waals surface area (Å²) in [5.74, 6) is 0.839. The van der Waals surface area contributed by atoms with Crippen LogP contribution in [-0.2, 0) is 10.0 Å². The minimum absolute atomic E-state index is 0.0378. The van der Waals surface area contributed by atoms with Crippen LogP contribution < -0.4 is 15.4 Å². The Kier molecular flexibility index (Phi) is 8.61. The van der Waals surface area contributed by atoms with Gasteiger partial charge in [0.15, 0.2) is 0 Å². The summed E-state index contributed by atoms with van der Waals surface area (Å²) in [6.07, 6.45) is 5.19. The molecule has 0 unspecified atom stereocenters. The summed E-state index contributed by atoms with van der Waals surface area (Å²) in [5, 5.41) is 15.3. The van der Waals surface area contributed by atoms with E-state index in [1.165, 1.54) is 19.3 Å². The zero-order valence-electron chi connectivity index (χ0n) is 17.5. The molecule has 1 aromatic heterocycles. The van der Waals surface area contributed by atoms with Gasteiger partial charge in [0.1, 0.15) is 5.82 Å². The predicted octanol–water partition coefficient (Wildman–Crippen LogP) is 2.54. The second-order valence-electron chi connectivity index (χ2n) is 7.57. The number of halogens is 1. The number of nitrogens with one attached hydrogen (secondary N) is 3. The van der Waals surface area contributed by atoms with Gasteiger partial charge in [0, 0.05) is 31.0 Å². The van der Waals surface area contributed by atoms with Crippen LogP contribution in [-0.4, -0.2) is 67.2 Å². The number of benzene rings is 1. The molecule has 2 heterocycles. The summed E-state index contributed by atoms with van der Waals surface area (Å²) in [6.45, 7) is 4.95. The number of nitrogens with zero attached hydrogens (tertiary/aromatic N) is 3. The van der Waals surface area contributed by atoms with Crippen molar-refractivity contribution in [1.82, 2.24) is 19.6 Å². The Hall–Kier alpha value is -1.79. The maximum Gasteiger partial charge on any atom is 0.240 e. The average Bonchev–Trinajstić information content (AvgIpc) is 2.77. The van der Waals surface area contributed by atoms with E-state index < -0.39 is 10.0 Å². The molecule has 1 aliphatic rings. The summed E-state index contributed by atoms with van der Waals surface area (Å²) in [6, 6.07) is 6.36. The van der Waals surface area contributed by atoms with Crippen molar-refractivity contribution in [2.24, 2.45) is 0 Å². The number of aliphatic hydroxyl groups excluding tert-OH is 1. The van der Waals surface area contributed by atoms with Gasteiger partial charge in [0.05, 0.1) is 16.0 Å². The first-order chi connectivity index (χ1) is 14.9. The lowest BCUT2D eigenvalue weighted by molar-refractivity contribution is 0.233. The Bertz CT molecular complexity index is 969. The van der Waals surface area contributed by atoms with Crippen molar-refractivity contribution in [2.45, 2.75) is 37.1 Å². The molecule has 0 radical (unpaired) electrons. The van der Waals surface area contributed by atoms with E-state index in [0.717, 1.165) is 13.1 Å². The van der Waals surface area contributed by atoms with Crippen molar-refractivity contribution >= 4 is 43.4 Å². The number of aliphatic hydroxyl groups is 1. The molecule has 1 fully saturated rings. The molecule has 0 bridgehead atoms. The maximum atomic E-state index is 12.7. The van der Waals surface area contributed by atoms with Crippen LogP contribution >= 0.6 is 15.9 Å². The third-order valence-corrected chi connectivity index (χ3v) is 7.01. The summed E-state index contributed by atoms with van der Waals surface area (Å²) in [4.78, 5) is 11.1. The molecule has 0 aliphatic carbocycles. The van der Waals surface area contributed by atoms with Crippen molar-refractivity contribution in [3.8, 4) is 0 Å². The van der Waals surface area contributed by atoms with Crippen molar-refractivity contribution in [1.29, 1.82) is 0 Å². The molecule has 9 nitrogen and oxygen atoms in total. The summed E-state index contributed by atoms with van der Waals surface area (Å²) < 4.78 is 28.8. The van der Waals surface area contributed by atoms with E-state index in [1.807, 2.05) is 6.92 Å². The van der Waals surface area contributed by atoms with Crippen LogP contribution in [0.5, 0.6) is 0 Å². The molecule has 0 spiro atoms. The van der Waals surface area contributed by atoms with E-state index >= 15 is 0 Å². The van der Waals surface area contributed by atoms with Crippen LogP contribution in [0.1, 0.15) is 26.2 Å². The third-order valence-electron chi connectivity index (χ3n) is 4.97. The molecular weight excluding hydrogens is 484 g/mol. The molecular formula is C20H29BrN6O3S. The first-order valence-corrected chi connectivity index (χ1v) is 12.6. The number of rotatable bonds is 10. The number of sulfonamides is 1. The highest BCUT2D eigenvalue weighted by Crippen LogP contribution is 2.23. The van der Waals surface area contributed by atoms with E-state index in [4.69, 9.17) is 0 Å². The minimum atomic E-state index is -3.62. The average molecular weight is 513 g/mol. The number of aromatic nitrogens is 2. The van der Waals surface area contributed by atoms with Crippen LogP contribution in [0.3, 0.4) is 0 Å². The van der Waals surface area contributed by atoms with E-state index in [0.29, 0.717) is 35.0 Å².